The van der Waals surface area contributed by atoms with Crippen molar-refractivity contribution in [2.24, 2.45) is 0 Å². The normalized spacial score (nSPS) is 28.7. The van der Waals surface area contributed by atoms with Gasteiger partial charge in [0.2, 0.25) is 0 Å². The van der Waals surface area contributed by atoms with Crippen LogP contribution in [0.25, 0.3) is 0 Å². The third-order valence-electron chi connectivity index (χ3n) is 3.77. The Hall–Kier alpha value is -1.34. The van der Waals surface area contributed by atoms with E-state index in [1.807, 2.05) is 20.8 Å². The summed E-state index contributed by atoms with van der Waals surface area (Å²) in [6, 6.07) is -0.429. The van der Waals surface area contributed by atoms with Crippen LogP contribution >= 0.6 is 0 Å². The maximum Gasteiger partial charge on any atom is 0.410 e. The lowest BCUT2D eigenvalue weighted by Crippen LogP contribution is -2.58. The van der Waals surface area contributed by atoms with Gasteiger partial charge >= 0.3 is 12.1 Å². The molecule has 0 unspecified atom stereocenters. The van der Waals surface area contributed by atoms with Crippen molar-refractivity contribution >= 4 is 12.1 Å². The molecule has 2 fully saturated rings. The predicted molar refractivity (Wildman–Crippen MR) is 79.5 cm³/mol. The lowest BCUT2D eigenvalue weighted by molar-refractivity contribution is -0.154. The maximum absolute atomic E-state index is 12.1. The van der Waals surface area contributed by atoms with Gasteiger partial charge in [-0.3, -0.25) is 10.1 Å². The van der Waals surface area contributed by atoms with Crippen LogP contribution < -0.4 is 5.32 Å². The minimum atomic E-state index is -0.506. The van der Waals surface area contributed by atoms with E-state index in [0.717, 1.165) is 6.42 Å². The van der Waals surface area contributed by atoms with Crippen LogP contribution in [0.2, 0.25) is 0 Å². The Kier molecular flexibility index (Phi) is 4.97. The summed E-state index contributed by atoms with van der Waals surface area (Å²) >= 11 is 0. The standard InChI is InChI=1S/C15H26N2O5/c1-5-20-12(18)11-8-21-15(9-16-11)6-7-17(10-15)13(19)22-14(2,3)4/h11,16H,5-10H2,1-4H3/t11-,15-/m1/s1. The van der Waals surface area contributed by atoms with Gasteiger partial charge in [-0.25, -0.2) is 4.79 Å². The van der Waals surface area contributed by atoms with Gasteiger partial charge in [0.25, 0.3) is 0 Å². The molecule has 2 atom stereocenters. The molecule has 0 saturated carbocycles. The van der Waals surface area contributed by atoms with E-state index in [1.165, 1.54) is 0 Å². The number of nitrogens with zero attached hydrogens (tertiary/aromatic N) is 1. The van der Waals surface area contributed by atoms with Crippen LogP contribution in [-0.2, 0) is 19.0 Å². The monoisotopic (exact) mass is 314 g/mol. The molecule has 7 nitrogen and oxygen atoms in total. The van der Waals surface area contributed by atoms with Gasteiger partial charge in [-0.2, -0.15) is 0 Å². The highest BCUT2D eigenvalue weighted by Crippen LogP contribution is 2.28. The van der Waals surface area contributed by atoms with E-state index in [4.69, 9.17) is 14.2 Å². The van der Waals surface area contributed by atoms with E-state index in [0.29, 0.717) is 26.2 Å². The summed E-state index contributed by atoms with van der Waals surface area (Å²) in [6.07, 6.45) is 0.412. The van der Waals surface area contributed by atoms with Gasteiger partial charge in [-0.05, 0) is 34.1 Å². The fourth-order valence-corrected chi connectivity index (χ4v) is 2.66. The molecule has 126 valence electrons. The van der Waals surface area contributed by atoms with Crippen LogP contribution in [0.3, 0.4) is 0 Å². The van der Waals surface area contributed by atoms with Gasteiger partial charge < -0.3 is 19.1 Å². The molecule has 7 heteroatoms. The van der Waals surface area contributed by atoms with Crippen LogP contribution in [0, 0.1) is 0 Å². The van der Waals surface area contributed by atoms with Gasteiger partial charge in [0, 0.05) is 13.1 Å². The highest BCUT2D eigenvalue weighted by atomic mass is 16.6. The van der Waals surface area contributed by atoms with Crippen molar-refractivity contribution in [3.8, 4) is 0 Å². The Bertz CT molecular complexity index is 424. The number of ether oxygens (including phenoxy) is 3. The summed E-state index contributed by atoms with van der Waals surface area (Å²) in [5.41, 5.74) is -0.937. The number of rotatable bonds is 2. The minimum Gasteiger partial charge on any atom is -0.465 e. The van der Waals surface area contributed by atoms with Crippen molar-refractivity contribution in [3.05, 3.63) is 0 Å². The zero-order valence-corrected chi connectivity index (χ0v) is 13.8. The summed E-state index contributed by atoms with van der Waals surface area (Å²) in [5, 5.41) is 3.17. The van der Waals surface area contributed by atoms with E-state index in [-0.39, 0.29) is 18.7 Å². The fourth-order valence-electron chi connectivity index (χ4n) is 2.66. The number of carbonyl (C=O) groups is 2. The summed E-state index contributed by atoms with van der Waals surface area (Å²) in [5.74, 6) is -0.292. The number of amides is 1. The van der Waals surface area contributed by atoms with Crippen molar-refractivity contribution in [2.75, 3.05) is 32.8 Å². The SMILES string of the molecule is CCOC(=O)[C@H]1CO[C@]2(CCN(C(=O)OC(C)(C)C)C2)CN1. The van der Waals surface area contributed by atoms with Crippen LogP contribution in [0.5, 0.6) is 0 Å². The zero-order valence-electron chi connectivity index (χ0n) is 13.8. The first-order valence-corrected chi connectivity index (χ1v) is 7.77. The van der Waals surface area contributed by atoms with Crippen LogP contribution in [-0.4, -0.2) is 67.1 Å². The summed E-state index contributed by atoms with van der Waals surface area (Å²) in [4.78, 5) is 25.4. The third-order valence-corrected chi connectivity index (χ3v) is 3.77. The topological polar surface area (TPSA) is 77.1 Å². The zero-order chi connectivity index (χ0) is 16.4. The molecule has 2 aliphatic rings. The molecule has 2 aliphatic heterocycles. The molecule has 1 spiro atoms. The number of carbonyl (C=O) groups excluding carboxylic acids is 2. The van der Waals surface area contributed by atoms with Gasteiger partial charge in [0.15, 0.2) is 0 Å². The molecule has 0 aromatic heterocycles. The van der Waals surface area contributed by atoms with E-state index < -0.39 is 17.2 Å². The Morgan fingerprint density at radius 1 is 1.41 bits per heavy atom. The molecule has 0 aliphatic carbocycles. The summed E-state index contributed by atoms with van der Waals surface area (Å²) in [6.45, 7) is 9.53. The number of nitrogens with one attached hydrogen (secondary N) is 1. The molecule has 0 aromatic carbocycles. The van der Waals surface area contributed by atoms with Crippen molar-refractivity contribution in [3.63, 3.8) is 0 Å². The Labute approximate surface area is 131 Å². The maximum atomic E-state index is 12.1. The van der Waals surface area contributed by atoms with Crippen molar-refractivity contribution in [1.82, 2.24) is 10.2 Å². The largest absolute Gasteiger partial charge is 0.465 e. The fraction of sp³-hybridized carbons (Fsp3) is 0.867. The van der Waals surface area contributed by atoms with Crippen LogP contribution in [0.15, 0.2) is 0 Å². The third kappa shape index (κ3) is 4.10. The first-order chi connectivity index (χ1) is 10.2. The number of hydrogen-bond acceptors (Lipinski definition) is 6. The first-order valence-electron chi connectivity index (χ1n) is 7.77. The van der Waals surface area contributed by atoms with E-state index >= 15 is 0 Å². The Morgan fingerprint density at radius 2 is 2.14 bits per heavy atom. The number of morpholine rings is 1. The molecule has 2 rings (SSSR count). The number of esters is 1. The number of likely N-dealkylation sites (tertiary alicyclic amines) is 1. The second kappa shape index (κ2) is 6.42. The molecular weight excluding hydrogens is 288 g/mol. The molecular formula is C15H26N2O5. The summed E-state index contributed by atoms with van der Waals surface area (Å²) < 4.78 is 16.3. The molecule has 0 radical (unpaired) electrons. The summed E-state index contributed by atoms with van der Waals surface area (Å²) in [7, 11) is 0. The second-order valence-electron chi connectivity index (χ2n) is 6.83. The minimum absolute atomic E-state index is 0.265. The van der Waals surface area contributed by atoms with Crippen molar-refractivity contribution < 1.29 is 23.8 Å². The van der Waals surface area contributed by atoms with E-state index in [9.17, 15) is 9.59 Å². The van der Waals surface area contributed by atoms with Crippen molar-refractivity contribution in [2.45, 2.75) is 51.4 Å². The van der Waals surface area contributed by atoms with E-state index in [2.05, 4.69) is 5.32 Å². The van der Waals surface area contributed by atoms with Gasteiger partial charge in [-0.15, -0.1) is 0 Å². The van der Waals surface area contributed by atoms with Crippen LogP contribution in [0.1, 0.15) is 34.1 Å². The first kappa shape index (κ1) is 17.0. The molecule has 1 amide bonds. The Balaban J connectivity index is 1.86. The molecule has 0 aromatic rings. The van der Waals surface area contributed by atoms with Gasteiger partial charge in [0.05, 0.1) is 25.4 Å². The van der Waals surface area contributed by atoms with Crippen LogP contribution in [0.4, 0.5) is 4.79 Å². The number of hydrogen-bond donors (Lipinski definition) is 1. The van der Waals surface area contributed by atoms with E-state index in [1.54, 1.807) is 11.8 Å². The molecule has 2 saturated heterocycles. The molecule has 0 bridgehead atoms. The quantitative estimate of drug-likeness (QED) is 0.764. The van der Waals surface area contributed by atoms with Gasteiger partial charge in [0.1, 0.15) is 11.6 Å². The van der Waals surface area contributed by atoms with Crippen molar-refractivity contribution in [1.29, 1.82) is 0 Å². The average Bonchev–Trinajstić information content (AvgIpc) is 2.82. The highest BCUT2D eigenvalue weighted by Gasteiger charge is 2.45. The van der Waals surface area contributed by atoms with Gasteiger partial charge in [-0.1, -0.05) is 0 Å². The smallest absolute Gasteiger partial charge is 0.410 e. The molecule has 2 heterocycles. The second-order valence-corrected chi connectivity index (χ2v) is 6.83. The lowest BCUT2D eigenvalue weighted by Gasteiger charge is -2.37. The molecule has 1 N–H and O–H groups in total. The highest BCUT2D eigenvalue weighted by molar-refractivity contribution is 5.76. The predicted octanol–water partition coefficient (Wildman–Crippen LogP) is 0.917. The Morgan fingerprint density at radius 3 is 2.68 bits per heavy atom. The average molecular weight is 314 g/mol. The lowest BCUT2D eigenvalue weighted by atomic mass is 10.0. The molecule has 22 heavy (non-hydrogen) atoms.